The number of hydrogen-bond acceptors (Lipinski definition) is 6. The van der Waals surface area contributed by atoms with Gasteiger partial charge >= 0.3 is 0 Å². The lowest BCUT2D eigenvalue weighted by Gasteiger charge is -2.14. The first-order chi connectivity index (χ1) is 14.5. The molecule has 3 aromatic rings. The van der Waals surface area contributed by atoms with Crippen LogP contribution in [-0.4, -0.2) is 23.1 Å². The molecule has 2 heterocycles. The highest BCUT2D eigenvalue weighted by Gasteiger charge is 2.32. The van der Waals surface area contributed by atoms with Crippen molar-refractivity contribution in [3.8, 4) is 17.1 Å². The van der Waals surface area contributed by atoms with Crippen LogP contribution in [0, 0.1) is 10.1 Å². The number of carbonyl (C=O) groups excluding carboxylic acids is 1. The maximum Gasteiger partial charge on any atom is 0.281 e. The summed E-state index contributed by atoms with van der Waals surface area (Å²) in [5, 5.41) is 13.9. The molecule has 1 saturated heterocycles. The minimum Gasteiger partial charge on any atom is -0.497 e. The first-order valence-electron chi connectivity index (χ1n) is 8.82. The second-order valence-electron chi connectivity index (χ2n) is 6.33. The first kappa shape index (κ1) is 19.3. The van der Waals surface area contributed by atoms with E-state index in [4.69, 9.17) is 21.4 Å². The van der Waals surface area contributed by atoms with Gasteiger partial charge in [-0.3, -0.25) is 19.8 Å². The zero-order valence-corrected chi connectivity index (χ0v) is 16.5. The molecule has 2 aromatic carbocycles. The molecule has 30 heavy (non-hydrogen) atoms. The van der Waals surface area contributed by atoms with Gasteiger partial charge in [-0.2, -0.15) is 0 Å². The highest BCUT2D eigenvalue weighted by molar-refractivity contribution is 7.80. The van der Waals surface area contributed by atoms with E-state index in [-0.39, 0.29) is 22.4 Å². The van der Waals surface area contributed by atoms with Gasteiger partial charge in [0.05, 0.1) is 17.7 Å². The van der Waals surface area contributed by atoms with Crippen molar-refractivity contribution in [1.82, 2.24) is 5.32 Å². The second-order valence-corrected chi connectivity index (χ2v) is 6.72. The molecule has 1 fully saturated rings. The largest absolute Gasteiger partial charge is 0.497 e. The average molecular weight is 421 g/mol. The van der Waals surface area contributed by atoms with Gasteiger partial charge < -0.3 is 14.5 Å². The summed E-state index contributed by atoms with van der Waals surface area (Å²) >= 11 is 5.31. The minimum atomic E-state index is -0.462. The summed E-state index contributed by atoms with van der Waals surface area (Å²) in [7, 11) is 1.57. The van der Waals surface area contributed by atoms with Crippen LogP contribution in [0.5, 0.6) is 5.75 Å². The number of thiocarbonyl (C=S) groups is 1. The van der Waals surface area contributed by atoms with E-state index < -0.39 is 4.92 Å². The highest BCUT2D eigenvalue weighted by Crippen LogP contribution is 2.28. The summed E-state index contributed by atoms with van der Waals surface area (Å²) < 4.78 is 10.9. The van der Waals surface area contributed by atoms with E-state index in [2.05, 4.69) is 5.32 Å². The molecule has 1 aromatic heterocycles. The van der Waals surface area contributed by atoms with Gasteiger partial charge in [0.25, 0.3) is 11.6 Å². The maximum absolute atomic E-state index is 12.8. The molecule has 1 N–H and O–H groups in total. The van der Waals surface area contributed by atoms with Crippen molar-refractivity contribution < 1.29 is 18.9 Å². The van der Waals surface area contributed by atoms with E-state index in [0.29, 0.717) is 28.5 Å². The average Bonchev–Trinajstić information content (AvgIpc) is 3.33. The molecule has 1 aliphatic heterocycles. The molecule has 4 rings (SSSR count). The number of hydrogen-bond donors (Lipinski definition) is 1. The maximum atomic E-state index is 12.8. The third-order valence-electron chi connectivity index (χ3n) is 4.48. The normalized spacial score (nSPS) is 14.8. The van der Waals surface area contributed by atoms with Gasteiger partial charge in [-0.05, 0) is 60.7 Å². The van der Waals surface area contributed by atoms with Crippen molar-refractivity contribution in [1.29, 1.82) is 0 Å². The lowest BCUT2D eigenvalue weighted by Crippen LogP contribution is -2.30. The van der Waals surface area contributed by atoms with Gasteiger partial charge in [0.1, 0.15) is 23.0 Å². The fourth-order valence-corrected chi connectivity index (χ4v) is 3.27. The van der Waals surface area contributed by atoms with E-state index in [1.807, 2.05) is 0 Å². The van der Waals surface area contributed by atoms with Crippen LogP contribution in [0.1, 0.15) is 5.76 Å². The molecule has 1 amide bonds. The smallest absolute Gasteiger partial charge is 0.281 e. The van der Waals surface area contributed by atoms with Gasteiger partial charge in [0, 0.05) is 23.8 Å². The van der Waals surface area contributed by atoms with Crippen molar-refractivity contribution in [3.05, 3.63) is 82.2 Å². The van der Waals surface area contributed by atoms with Crippen LogP contribution in [0.25, 0.3) is 17.4 Å². The zero-order chi connectivity index (χ0) is 21.3. The van der Waals surface area contributed by atoms with E-state index in [9.17, 15) is 14.9 Å². The molecule has 0 spiro atoms. The molecule has 0 atom stereocenters. The third-order valence-corrected chi connectivity index (χ3v) is 4.77. The Morgan fingerprint density at radius 3 is 2.43 bits per heavy atom. The number of nitro benzene ring substituents is 1. The van der Waals surface area contributed by atoms with Crippen molar-refractivity contribution in [2.45, 2.75) is 0 Å². The van der Waals surface area contributed by atoms with E-state index >= 15 is 0 Å². The Labute approximate surface area is 176 Å². The van der Waals surface area contributed by atoms with Gasteiger partial charge in [0.15, 0.2) is 5.11 Å². The Kier molecular flexibility index (Phi) is 5.03. The fraction of sp³-hybridized carbons (Fsp3) is 0.0476. The van der Waals surface area contributed by atoms with Crippen LogP contribution in [0.3, 0.4) is 0 Å². The SMILES string of the molecule is COc1ccc(N2C(=O)/C(=C\c3ccc(-c4ccc([N+](=O)[O-])cc4)o3)NC2=S)cc1. The van der Waals surface area contributed by atoms with Crippen LogP contribution in [0.4, 0.5) is 11.4 Å². The molecular weight excluding hydrogens is 406 g/mol. The summed E-state index contributed by atoms with van der Waals surface area (Å²) in [6.45, 7) is 0. The van der Waals surface area contributed by atoms with Crippen LogP contribution in [-0.2, 0) is 4.79 Å². The number of rotatable bonds is 5. The monoisotopic (exact) mass is 421 g/mol. The standard InChI is InChI=1S/C21H15N3O5S/c1-28-16-8-6-14(7-9-16)23-20(25)18(22-21(23)30)12-17-10-11-19(29-17)13-2-4-15(5-3-13)24(26)27/h2-12H,1H3,(H,22,30)/b18-12+. The summed E-state index contributed by atoms with van der Waals surface area (Å²) in [5.74, 6) is 1.34. The Morgan fingerprint density at radius 2 is 1.80 bits per heavy atom. The number of nitro groups is 1. The van der Waals surface area contributed by atoms with Gasteiger partial charge in [0.2, 0.25) is 0 Å². The number of non-ortho nitro benzene ring substituents is 1. The van der Waals surface area contributed by atoms with Crippen molar-refractivity contribution >= 4 is 40.7 Å². The number of benzene rings is 2. The number of anilines is 1. The molecule has 0 saturated carbocycles. The molecule has 0 radical (unpaired) electrons. The van der Waals surface area contributed by atoms with Crippen LogP contribution in [0.2, 0.25) is 0 Å². The van der Waals surface area contributed by atoms with Crippen LogP contribution < -0.4 is 15.0 Å². The van der Waals surface area contributed by atoms with Gasteiger partial charge in [-0.1, -0.05) is 0 Å². The van der Waals surface area contributed by atoms with E-state index in [0.717, 1.165) is 0 Å². The summed E-state index contributed by atoms with van der Waals surface area (Å²) in [4.78, 5) is 24.5. The Balaban J connectivity index is 1.56. The number of amides is 1. The Hall–Kier alpha value is -3.98. The number of nitrogens with zero attached hydrogens (tertiary/aromatic N) is 2. The number of nitrogens with one attached hydrogen (secondary N) is 1. The second kappa shape index (κ2) is 7.80. The van der Waals surface area contributed by atoms with Crippen molar-refractivity contribution in [3.63, 3.8) is 0 Å². The molecule has 0 bridgehead atoms. The lowest BCUT2D eigenvalue weighted by atomic mass is 10.1. The van der Waals surface area contributed by atoms with Crippen molar-refractivity contribution in [2.75, 3.05) is 12.0 Å². The number of ether oxygens (including phenoxy) is 1. The van der Waals surface area contributed by atoms with Crippen LogP contribution in [0.15, 0.2) is 70.8 Å². The molecule has 150 valence electrons. The highest BCUT2D eigenvalue weighted by atomic mass is 32.1. The zero-order valence-electron chi connectivity index (χ0n) is 15.7. The molecule has 0 aliphatic carbocycles. The summed E-state index contributed by atoms with van der Waals surface area (Å²) in [5.41, 5.74) is 1.58. The minimum absolute atomic E-state index is 0.000496. The van der Waals surface area contributed by atoms with E-state index in [1.165, 1.54) is 17.0 Å². The van der Waals surface area contributed by atoms with Crippen molar-refractivity contribution in [2.24, 2.45) is 0 Å². The van der Waals surface area contributed by atoms with Crippen LogP contribution >= 0.6 is 12.2 Å². The quantitative estimate of drug-likeness (QED) is 0.286. The third kappa shape index (κ3) is 3.65. The molecule has 9 heteroatoms. The summed E-state index contributed by atoms with van der Waals surface area (Å²) in [6, 6.07) is 16.4. The van der Waals surface area contributed by atoms with Gasteiger partial charge in [-0.25, -0.2) is 0 Å². The Morgan fingerprint density at radius 1 is 1.10 bits per heavy atom. The molecule has 1 aliphatic rings. The predicted octanol–water partition coefficient (Wildman–Crippen LogP) is 4.13. The molecule has 0 unspecified atom stereocenters. The lowest BCUT2D eigenvalue weighted by molar-refractivity contribution is -0.384. The number of methoxy groups -OCH3 is 1. The number of furan rings is 1. The topological polar surface area (TPSA) is 97.8 Å². The predicted molar refractivity (Wildman–Crippen MR) is 115 cm³/mol. The fourth-order valence-electron chi connectivity index (χ4n) is 2.98. The molecular formula is C21H15N3O5S. The number of carbonyl (C=O) groups is 1. The first-order valence-corrected chi connectivity index (χ1v) is 9.23. The summed E-state index contributed by atoms with van der Waals surface area (Å²) in [6.07, 6.45) is 1.56. The Bertz CT molecular complexity index is 1170. The molecule has 8 nitrogen and oxygen atoms in total. The van der Waals surface area contributed by atoms with Gasteiger partial charge in [-0.15, -0.1) is 0 Å². The van der Waals surface area contributed by atoms with E-state index in [1.54, 1.807) is 61.7 Å².